The lowest BCUT2D eigenvalue weighted by Crippen LogP contribution is -2.15. The average molecular weight is 198 g/mol. The molecule has 2 heteroatoms. The second-order valence-corrected chi connectivity index (χ2v) is 4.48. The van der Waals surface area contributed by atoms with E-state index >= 15 is 0 Å². The van der Waals surface area contributed by atoms with Crippen LogP contribution >= 0.6 is 0 Å². The Labute approximate surface area is 87.0 Å². The molecule has 0 heterocycles. The molecule has 14 heavy (non-hydrogen) atoms. The van der Waals surface area contributed by atoms with Gasteiger partial charge in [-0.3, -0.25) is 4.79 Å². The van der Waals surface area contributed by atoms with E-state index in [4.69, 9.17) is 4.74 Å². The van der Waals surface area contributed by atoms with Crippen molar-refractivity contribution in [3.63, 3.8) is 0 Å². The standard InChI is InChI=1S/C12H22O2/c1-4-10-6-11(5-2)12(7-10)8-14-9(3)13/h10-12H,4-8H2,1-3H3. The molecule has 0 spiro atoms. The lowest BCUT2D eigenvalue weighted by molar-refractivity contribution is -0.142. The molecule has 0 saturated heterocycles. The summed E-state index contributed by atoms with van der Waals surface area (Å²) in [5, 5.41) is 0. The van der Waals surface area contributed by atoms with Gasteiger partial charge in [0.15, 0.2) is 0 Å². The Morgan fingerprint density at radius 2 is 1.86 bits per heavy atom. The van der Waals surface area contributed by atoms with Gasteiger partial charge in [0.25, 0.3) is 0 Å². The van der Waals surface area contributed by atoms with Crippen LogP contribution in [0.5, 0.6) is 0 Å². The third-order valence-electron chi connectivity index (χ3n) is 3.54. The second kappa shape index (κ2) is 5.38. The summed E-state index contributed by atoms with van der Waals surface area (Å²) in [6.07, 6.45) is 5.08. The number of hydrogen-bond acceptors (Lipinski definition) is 2. The van der Waals surface area contributed by atoms with Crippen LogP contribution in [-0.4, -0.2) is 12.6 Å². The van der Waals surface area contributed by atoms with E-state index in [0.29, 0.717) is 12.5 Å². The van der Waals surface area contributed by atoms with Gasteiger partial charge >= 0.3 is 5.97 Å². The molecule has 3 atom stereocenters. The number of esters is 1. The second-order valence-electron chi connectivity index (χ2n) is 4.48. The van der Waals surface area contributed by atoms with Gasteiger partial charge in [-0.25, -0.2) is 0 Å². The fourth-order valence-corrected chi connectivity index (χ4v) is 2.60. The van der Waals surface area contributed by atoms with Crippen molar-refractivity contribution in [1.29, 1.82) is 0 Å². The van der Waals surface area contributed by atoms with Gasteiger partial charge in [-0.15, -0.1) is 0 Å². The van der Waals surface area contributed by atoms with E-state index in [1.165, 1.54) is 32.6 Å². The third-order valence-corrected chi connectivity index (χ3v) is 3.54. The molecule has 0 N–H and O–H groups in total. The molecule has 1 fully saturated rings. The monoisotopic (exact) mass is 198 g/mol. The number of hydrogen-bond donors (Lipinski definition) is 0. The largest absolute Gasteiger partial charge is 0.466 e. The first kappa shape index (κ1) is 11.5. The van der Waals surface area contributed by atoms with Crippen LogP contribution in [-0.2, 0) is 9.53 Å². The predicted molar refractivity (Wildman–Crippen MR) is 56.9 cm³/mol. The zero-order chi connectivity index (χ0) is 10.6. The minimum absolute atomic E-state index is 0.139. The first-order chi connectivity index (χ1) is 6.67. The highest BCUT2D eigenvalue weighted by Gasteiger charge is 2.32. The molecule has 3 unspecified atom stereocenters. The van der Waals surface area contributed by atoms with Crippen molar-refractivity contribution in [2.24, 2.45) is 17.8 Å². The van der Waals surface area contributed by atoms with E-state index in [-0.39, 0.29) is 5.97 Å². The molecule has 0 amide bonds. The lowest BCUT2D eigenvalue weighted by atomic mass is 9.94. The lowest BCUT2D eigenvalue weighted by Gasteiger charge is -2.16. The maximum atomic E-state index is 10.7. The van der Waals surface area contributed by atoms with Crippen LogP contribution in [0.25, 0.3) is 0 Å². The van der Waals surface area contributed by atoms with Gasteiger partial charge in [-0.05, 0) is 30.6 Å². The summed E-state index contributed by atoms with van der Waals surface area (Å²) in [5.74, 6) is 2.12. The van der Waals surface area contributed by atoms with Crippen molar-refractivity contribution in [3.05, 3.63) is 0 Å². The molecule has 1 rings (SSSR count). The summed E-state index contributed by atoms with van der Waals surface area (Å²) in [4.78, 5) is 10.7. The summed E-state index contributed by atoms with van der Waals surface area (Å²) < 4.78 is 5.11. The van der Waals surface area contributed by atoms with Crippen molar-refractivity contribution < 1.29 is 9.53 Å². The summed E-state index contributed by atoms with van der Waals surface area (Å²) in [7, 11) is 0. The normalized spacial score (nSPS) is 31.8. The number of carbonyl (C=O) groups is 1. The van der Waals surface area contributed by atoms with Crippen molar-refractivity contribution in [3.8, 4) is 0 Å². The van der Waals surface area contributed by atoms with Crippen LogP contribution in [0.2, 0.25) is 0 Å². The third kappa shape index (κ3) is 3.00. The molecule has 1 saturated carbocycles. The van der Waals surface area contributed by atoms with Crippen LogP contribution in [0.15, 0.2) is 0 Å². The van der Waals surface area contributed by atoms with Crippen LogP contribution in [0.3, 0.4) is 0 Å². The van der Waals surface area contributed by atoms with Crippen LogP contribution in [0, 0.1) is 17.8 Å². The Morgan fingerprint density at radius 1 is 1.21 bits per heavy atom. The topological polar surface area (TPSA) is 26.3 Å². The van der Waals surface area contributed by atoms with Crippen LogP contribution in [0.1, 0.15) is 46.5 Å². The molecule has 0 aromatic heterocycles. The van der Waals surface area contributed by atoms with Gasteiger partial charge < -0.3 is 4.74 Å². The smallest absolute Gasteiger partial charge is 0.302 e. The highest BCUT2D eigenvalue weighted by molar-refractivity contribution is 5.65. The van der Waals surface area contributed by atoms with E-state index in [0.717, 1.165) is 11.8 Å². The maximum absolute atomic E-state index is 10.7. The summed E-state index contributed by atoms with van der Waals surface area (Å²) >= 11 is 0. The first-order valence-corrected chi connectivity index (χ1v) is 5.80. The molecule has 0 aliphatic heterocycles. The minimum Gasteiger partial charge on any atom is -0.466 e. The summed E-state index contributed by atoms with van der Waals surface area (Å²) in [6, 6.07) is 0. The van der Waals surface area contributed by atoms with E-state index < -0.39 is 0 Å². The Hall–Kier alpha value is -0.530. The zero-order valence-corrected chi connectivity index (χ0v) is 9.58. The highest BCUT2D eigenvalue weighted by Crippen LogP contribution is 2.39. The summed E-state index contributed by atoms with van der Waals surface area (Å²) in [6.45, 7) is 6.63. The van der Waals surface area contributed by atoms with Gasteiger partial charge in [0.1, 0.15) is 0 Å². The van der Waals surface area contributed by atoms with E-state index in [1.54, 1.807) is 0 Å². The molecule has 2 nitrogen and oxygen atoms in total. The Balaban J connectivity index is 2.38. The van der Waals surface area contributed by atoms with Crippen molar-refractivity contribution in [2.45, 2.75) is 46.5 Å². The molecular formula is C12H22O2. The Kier molecular flexibility index (Phi) is 4.43. The number of rotatable bonds is 4. The quantitative estimate of drug-likeness (QED) is 0.649. The molecule has 0 bridgehead atoms. The molecule has 0 radical (unpaired) electrons. The fourth-order valence-electron chi connectivity index (χ4n) is 2.60. The van der Waals surface area contributed by atoms with Gasteiger partial charge in [-0.1, -0.05) is 26.7 Å². The van der Waals surface area contributed by atoms with Crippen molar-refractivity contribution >= 4 is 5.97 Å². The molecule has 0 aromatic carbocycles. The fraction of sp³-hybridized carbons (Fsp3) is 0.917. The van der Waals surface area contributed by atoms with Gasteiger partial charge in [0, 0.05) is 6.92 Å². The number of carbonyl (C=O) groups excluding carboxylic acids is 1. The first-order valence-electron chi connectivity index (χ1n) is 5.80. The van der Waals surface area contributed by atoms with Crippen molar-refractivity contribution in [2.75, 3.05) is 6.61 Å². The molecule has 82 valence electrons. The average Bonchev–Trinajstić information content (AvgIpc) is 2.57. The van der Waals surface area contributed by atoms with Gasteiger partial charge in [-0.2, -0.15) is 0 Å². The van der Waals surface area contributed by atoms with E-state index in [9.17, 15) is 4.79 Å². The predicted octanol–water partition coefficient (Wildman–Crippen LogP) is 3.01. The minimum atomic E-state index is -0.139. The highest BCUT2D eigenvalue weighted by atomic mass is 16.5. The Bertz CT molecular complexity index is 189. The van der Waals surface area contributed by atoms with E-state index in [1.807, 2.05) is 0 Å². The SMILES string of the molecule is CCC1CC(CC)C(COC(C)=O)C1. The maximum Gasteiger partial charge on any atom is 0.302 e. The molecule has 1 aliphatic rings. The zero-order valence-electron chi connectivity index (χ0n) is 9.58. The molecule has 0 aromatic rings. The number of ether oxygens (including phenoxy) is 1. The Morgan fingerprint density at radius 3 is 2.36 bits per heavy atom. The molecule has 1 aliphatic carbocycles. The van der Waals surface area contributed by atoms with Crippen molar-refractivity contribution in [1.82, 2.24) is 0 Å². The van der Waals surface area contributed by atoms with Crippen LogP contribution in [0.4, 0.5) is 0 Å². The van der Waals surface area contributed by atoms with Gasteiger partial charge in [0.2, 0.25) is 0 Å². The molecular weight excluding hydrogens is 176 g/mol. The van der Waals surface area contributed by atoms with Crippen LogP contribution < -0.4 is 0 Å². The summed E-state index contributed by atoms with van der Waals surface area (Å²) in [5.41, 5.74) is 0. The van der Waals surface area contributed by atoms with E-state index in [2.05, 4.69) is 13.8 Å². The van der Waals surface area contributed by atoms with Gasteiger partial charge in [0.05, 0.1) is 6.61 Å².